The van der Waals surface area contributed by atoms with Gasteiger partial charge in [-0.1, -0.05) is 27.2 Å². The average molecular weight is 240 g/mol. The lowest BCUT2D eigenvalue weighted by molar-refractivity contribution is -0.180. The summed E-state index contributed by atoms with van der Waals surface area (Å²) in [6, 6.07) is 0. The summed E-state index contributed by atoms with van der Waals surface area (Å²) in [5, 5.41) is 9.00. The quantitative estimate of drug-likeness (QED) is 0.754. The van der Waals surface area contributed by atoms with E-state index in [-0.39, 0.29) is 23.4 Å². The highest BCUT2D eigenvalue weighted by molar-refractivity contribution is 5.85. The van der Waals surface area contributed by atoms with Gasteiger partial charge in [0.2, 0.25) is 0 Å². The number of rotatable bonds is 2. The number of carbonyl (C=O) groups is 1. The minimum absolute atomic E-state index is 0.0835. The normalized spacial score (nSPS) is 41.1. The van der Waals surface area contributed by atoms with Crippen molar-refractivity contribution in [2.24, 2.45) is 16.7 Å². The molecule has 0 saturated heterocycles. The van der Waals surface area contributed by atoms with Gasteiger partial charge >= 0.3 is 0 Å². The number of ether oxygens (including phenoxy) is 1. The highest BCUT2D eigenvalue weighted by Crippen LogP contribution is 2.57. The van der Waals surface area contributed by atoms with Gasteiger partial charge in [-0.3, -0.25) is 4.79 Å². The predicted molar refractivity (Wildman–Crippen MR) is 65.4 cm³/mol. The van der Waals surface area contributed by atoms with E-state index in [1.165, 1.54) is 6.42 Å². The van der Waals surface area contributed by atoms with Gasteiger partial charge in [0.1, 0.15) is 12.9 Å². The Morgan fingerprint density at radius 1 is 1.35 bits per heavy atom. The van der Waals surface area contributed by atoms with E-state index in [1.54, 1.807) is 0 Å². The summed E-state index contributed by atoms with van der Waals surface area (Å²) in [5.74, 6) is 0.702. The number of hydrogen-bond donors (Lipinski definition) is 1. The summed E-state index contributed by atoms with van der Waals surface area (Å²) >= 11 is 0. The molecule has 2 aliphatic rings. The van der Waals surface area contributed by atoms with Crippen LogP contribution in [0.1, 0.15) is 52.9 Å². The fourth-order valence-electron chi connectivity index (χ4n) is 4.34. The van der Waals surface area contributed by atoms with Crippen LogP contribution in [-0.4, -0.2) is 23.8 Å². The van der Waals surface area contributed by atoms with Crippen LogP contribution in [0, 0.1) is 16.7 Å². The molecule has 0 spiro atoms. The maximum atomic E-state index is 12.0. The summed E-state index contributed by atoms with van der Waals surface area (Å²) in [4.78, 5) is 12.0. The number of aliphatic hydroxyl groups excluding tert-OH is 1. The van der Waals surface area contributed by atoms with Gasteiger partial charge < -0.3 is 9.84 Å². The second kappa shape index (κ2) is 4.36. The lowest BCUT2D eigenvalue weighted by Gasteiger charge is -2.55. The smallest absolute Gasteiger partial charge is 0.162 e. The first-order valence-electron chi connectivity index (χ1n) is 6.67. The maximum Gasteiger partial charge on any atom is 0.162 e. The molecule has 2 saturated carbocycles. The molecule has 3 nitrogen and oxygen atoms in total. The van der Waals surface area contributed by atoms with Crippen LogP contribution in [0.15, 0.2) is 0 Å². The fraction of sp³-hybridized carbons (Fsp3) is 0.929. The molecule has 3 atom stereocenters. The van der Waals surface area contributed by atoms with E-state index in [0.717, 1.165) is 19.3 Å². The minimum atomic E-state index is -0.397. The average Bonchev–Trinajstić information content (AvgIpc) is 2.22. The highest BCUT2D eigenvalue weighted by atomic mass is 16.6. The number of carbonyl (C=O) groups excluding carboxylic acids is 1. The van der Waals surface area contributed by atoms with Crippen molar-refractivity contribution >= 4 is 5.78 Å². The zero-order valence-electron chi connectivity index (χ0n) is 11.2. The molecule has 0 amide bonds. The number of ketones is 1. The van der Waals surface area contributed by atoms with Crippen LogP contribution < -0.4 is 0 Å². The van der Waals surface area contributed by atoms with E-state index >= 15 is 0 Å². The molecule has 3 heteroatoms. The highest BCUT2D eigenvalue weighted by Gasteiger charge is 2.55. The lowest BCUT2D eigenvalue weighted by atomic mass is 9.50. The van der Waals surface area contributed by atoms with Crippen molar-refractivity contribution in [3.63, 3.8) is 0 Å². The van der Waals surface area contributed by atoms with Gasteiger partial charge in [0.15, 0.2) is 5.78 Å². The van der Waals surface area contributed by atoms with Crippen molar-refractivity contribution in [3.8, 4) is 0 Å². The molecule has 98 valence electrons. The molecule has 17 heavy (non-hydrogen) atoms. The Kier molecular flexibility index (Phi) is 3.34. The summed E-state index contributed by atoms with van der Waals surface area (Å²) in [5.41, 5.74) is 0.199. The first-order valence-corrected chi connectivity index (χ1v) is 6.67. The molecule has 2 rings (SSSR count). The van der Waals surface area contributed by atoms with Crippen molar-refractivity contribution in [1.29, 1.82) is 0 Å². The lowest BCUT2D eigenvalue weighted by Crippen LogP contribution is -2.55. The number of fused-ring (bicyclic) bond motifs is 1. The van der Waals surface area contributed by atoms with Crippen LogP contribution in [0.25, 0.3) is 0 Å². The standard InChI is InChI=1S/C14H24O3/c1-13(2)7-4-8-14(3)11(13)6-5-10(16)12(14)17-9-15/h11-12,15H,4-9H2,1-3H3/t11-,12+,14-/m0/s1. The van der Waals surface area contributed by atoms with Gasteiger partial charge in [0, 0.05) is 11.8 Å². The molecule has 0 aliphatic heterocycles. The topological polar surface area (TPSA) is 46.5 Å². The van der Waals surface area contributed by atoms with Crippen molar-refractivity contribution in [1.82, 2.24) is 0 Å². The van der Waals surface area contributed by atoms with Crippen LogP contribution >= 0.6 is 0 Å². The SMILES string of the molecule is CC1(C)CCC[C@]2(C)[C@H](OCO)C(=O)CC[C@@H]12. The number of aliphatic hydroxyl groups is 1. The Balaban J connectivity index is 2.31. The summed E-state index contributed by atoms with van der Waals surface area (Å²) < 4.78 is 5.37. The Bertz CT molecular complexity index is 311. The third-order valence-electron chi connectivity index (χ3n) is 5.09. The van der Waals surface area contributed by atoms with Gasteiger partial charge in [-0.05, 0) is 30.6 Å². The van der Waals surface area contributed by atoms with E-state index in [1.807, 2.05) is 0 Å². The van der Waals surface area contributed by atoms with Gasteiger partial charge in [-0.2, -0.15) is 0 Å². The summed E-state index contributed by atoms with van der Waals surface area (Å²) in [7, 11) is 0. The zero-order chi connectivity index (χ0) is 12.7. The van der Waals surface area contributed by atoms with Crippen LogP contribution in [-0.2, 0) is 9.53 Å². The third-order valence-corrected chi connectivity index (χ3v) is 5.09. The molecule has 0 aromatic rings. The van der Waals surface area contributed by atoms with E-state index < -0.39 is 6.10 Å². The molecule has 2 aliphatic carbocycles. The second-order valence-electron chi connectivity index (χ2n) is 6.58. The molecule has 0 aromatic carbocycles. The van der Waals surface area contributed by atoms with Crippen molar-refractivity contribution in [2.75, 3.05) is 6.79 Å². The molecule has 1 N–H and O–H groups in total. The van der Waals surface area contributed by atoms with E-state index in [9.17, 15) is 4.79 Å². The predicted octanol–water partition coefficient (Wildman–Crippen LogP) is 2.52. The Hall–Kier alpha value is -0.410. The molecule has 0 radical (unpaired) electrons. The first kappa shape index (κ1) is 13.0. The molecule has 0 aromatic heterocycles. The molecular weight excluding hydrogens is 216 g/mol. The molecule has 2 fully saturated rings. The van der Waals surface area contributed by atoms with Crippen molar-refractivity contribution in [3.05, 3.63) is 0 Å². The molecule has 0 unspecified atom stereocenters. The monoisotopic (exact) mass is 240 g/mol. The Labute approximate surface area is 104 Å². The first-order chi connectivity index (χ1) is 7.92. The van der Waals surface area contributed by atoms with Gasteiger partial charge in [-0.15, -0.1) is 0 Å². The zero-order valence-corrected chi connectivity index (χ0v) is 11.2. The fourth-order valence-corrected chi connectivity index (χ4v) is 4.34. The molecular formula is C14H24O3. The van der Waals surface area contributed by atoms with Crippen LogP contribution in [0.3, 0.4) is 0 Å². The largest absolute Gasteiger partial charge is 0.371 e. The van der Waals surface area contributed by atoms with Crippen LogP contribution in [0.4, 0.5) is 0 Å². The minimum Gasteiger partial charge on any atom is -0.371 e. The van der Waals surface area contributed by atoms with E-state index in [2.05, 4.69) is 20.8 Å². The molecule has 0 heterocycles. The van der Waals surface area contributed by atoms with Crippen LogP contribution in [0.5, 0.6) is 0 Å². The van der Waals surface area contributed by atoms with Gasteiger partial charge in [-0.25, -0.2) is 0 Å². The van der Waals surface area contributed by atoms with E-state index in [0.29, 0.717) is 12.3 Å². The van der Waals surface area contributed by atoms with Gasteiger partial charge in [0.25, 0.3) is 0 Å². The van der Waals surface area contributed by atoms with Crippen molar-refractivity contribution in [2.45, 2.75) is 59.0 Å². The van der Waals surface area contributed by atoms with E-state index in [4.69, 9.17) is 9.84 Å². The third kappa shape index (κ3) is 2.04. The maximum absolute atomic E-state index is 12.0. The van der Waals surface area contributed by atoms with Crippen molar-refractivity contribution < 1.29 is 14.6 Å². The van der Waals surface area contributed by atoms with Gasteiger partial charge in [0.05, 0.1) is 0 Å². The molecule has 0 bridgehead atoms. The summed E-state index contributed by atoms with van der Waals surface area (Å²) in [6.07, 6.45) is 4.61. The van der Waals surface area contributed by atoms with Crippen LogP contribution in [0.2, 0.25) is 0 Å². The number of hydrogen-bond acceptors (Lipinski definition) is 3. The Morgan fingerprint density at radius 2 is 2.06 bits per heavy atom. The second-order valence-corrected chi connectivity index (χ2v) is 6.58. The number of Topliss-reactive ketones (excluding diaryl/α,β-unsaturated/α-hetero) is 1. The summed E-state index contributed by atoms with van der Waals surface area (Å²) in [6.45, 7) is 6.44. The Morgan fingerprint density at radius 3 is 2.71 bits per heavy atom.